The summed E-state index contributed by atoms with van der Waals surface area (Å²) in [6.07, 6.45) is 1.20. The van der Waals surface area contributed by atoms with E-state index >= 15 is 0 Å². The van der Waals surface area contributed by atoms with Gasteiger partial charge in [0.15, 0.2) is 0 Å². The Morgan fingerprint density at radius 3 is 2.10 bits per heavy atom. The van der Waals surface area contributed by atoms with E-state index in [1.807, 2.05) is 12.1 Å². The van der Waals surface area contributed by atoms with Gasteiger partial charge in [-0.15, -0.1) is 0 Å². The first kappa shape index (κ1) is 15.1. The highest BCUT2D eigenvalue weighted by Crippen LogP contribution is 2.59. The monoisotopic (exact) mass is 363 g/mol. The molecular weight excluding hydrogens is 346 g/mol. The molecule has 0 aliphatic heterocycles. The molecule has 2 aromatic carbocycles. The molecule has 0 saturated heterocycles. The Labute approximate surface area is 140 Å². The van der Waals surface area contributed by atoms with Gasteiger partial charge in [0.2, 0.25) is 0 Å². The molecule has 0 spiro atoms. The maximum absolute atomic E-state index is 6.06. The van der Waals surface area contributed by atoms with Gasteiger partial charge in [0.1, 0.15) is 0 Å². The minimum absolute atomic E-state index is 0.148. The molecule has 0 heterocycles. The van der Waals surface area contributed by atoms with Crippen molar-refractivity contribution in [3.63, 3.8) is 0 Å². The highest BCUT2D eigenvalue weighted by molar-refractivity contribution is 9.10. The van der Waals surface area contributed by atoms with Gasteiger partial charge in [-0.3, -0.25) is 0 Å². The van der Waals surface area contributed by atoms with E-state index in [0.29, 0.717) is 5.92 Å². The van der Waals surface area contributed by atoms with Gasteiger partial charge >= 0.3 is 0 Å². The summed E-state index contributed by atoms with van der Waals surface area (Å²) in [5.74, 6) is 0.662. The maximum Gasteiger partial charge on any atom is 0.0406 e. The summed E-state index contributed by atoms with van der Waals surface area (Å²) in [6.45, 7) is 1.11. The van der Waals surface area contributed by atoms with Crippen LogP contribution in [0.25, 0.3) is 0 Å². The maximum atomic E-state index is 6.06. The Morgan fingerprint density at radius 2 is 1.57 bits per heavy atom. The molecule has 0 N–H and O–H groups in total. The Morgan fingerprint density at radius 1 is 1.05 bits per heavy atom. The topological polar surface area (TPSA) is 3.24 Å². The average molecular weight is 365 g/mol. The zero-order valence-corrected chi connectivity index (χ0v) is 14.7. The third-order valence-corrected chi connectivity index (χ3v) is 5.19. The van der Waals surface area contributed by atoms with Crippen LogP contribution >= 0.6 is 27.5 Å². The number of benzene rings is 2. The highest BCUT2D eigenvalue weighted by Gasteiger charge is 2.56. The molecular formula is C18H19BrClN. The van der Waals surface area contributed by atoms with E-state index in [1.165, 1.54) is 17.5 Å². The Balaban J connectivity index is 2.01. The lowest BCUT2D eigenvalue weighted by Gasteiger charge is -2.21. The Bertz CT molecular complexity index is 573. The Kier molecular flexibility index (Phi) is 4.13. The molecule has 1 fully saturated rings. The van der Waals surface area contributed by atoms with Crippen LogP contribution in [0.2, 0.25) is 5.02 Å². The molecule has 0 amide bonds. The minimum Gasteiger partial charge on any atom is -0.309 e. The molecule has 3 rings (SSSR count). The molecule has 2 atom stereocenters. The van der Waals surface area contributed by atoms with E-state index in [1.54, 1.807) is 0 Å². The van der Waals surface area contributed by atoms with E-state index in [0.717, 1.165) is 16.0 Å². The molecule has 21 heavy (non-hydrogen) atoms. The van der Waals surface area contributed by atoms with Gasteiger partial charge in [-0.25, -0.2) is 0 Å². The van der Waals surface area contributed by atoms with Gasteiger partial charge in [0.25, 0.3) is 0 Å². The summed E-state index contributed by atoms with van der Waals surface area (Å²) in [6, 6.07) is 17.1. The second-order valence-electron chi connectivity index (χ2n) is 6.15. The van der Waals surface area contributed by atoms with E-state index < -0.39 is 0 Å². The number of nitrogens with zero attached hydrogens (tertiary/aromatic N) is 1. The predicted molar refractivity (Wildman–Crippen MR) is 93.0 cm³/mol. The molecule has 0 bridgehead atoms. The van der Waals surface area contributed by atoms with Crippen LogP contribution in [0, 0.1) is 5.92 Å². The molecule has 2 unspecified atom stereocenters. The van der Waals surface area contributed by atoms with Gasteiger partial charge in [-0.05, 0) is 61.8 Å². The van der Waals surface area contributed by atoms with Crippen LogP contribution in [0.4, 0.5) is 0 Å². The molecule has 110 valence electrons. The SMILES string of the molecule is CN(C)CC1CC1(c1ccc(Cl)cc1)c1ccc(Br)cc1. The van der Waals surface area contributed by atoms with Crippen LogP contribution < -0.4 is 0 Å². The highest BCUT2D eigenvalue weighted by atomic mass is 79.9. The van der Waals surface area contributed by atoms with Gasteiger partial charge in [-0.1, -0.05) is 51.8 Å². The van der Waals surface area contributed by atoms with Crippen molar-refractivity contribution in [2.24, 2.45) is 5.92 Å². The van der Waals surface area contributed by atoms with Crippen molar-refractivity contribution < 1.29 is 0 Å². The summed E-state index contributed by atoms with van der Waals surface area (Å²) >= 11 is 9.58. The van der Waals surface area contributed by atoms with E-state index in [9.17, 15) is 0 Å². The second kappa shape index (κ2) is 5.75. The van der Waals surface area contributed by atoms with E-state index in [2.05, 4.69) is 71.3 Å². The zero-order chi connectivity index (χ0) is 15.0. The summed E-state index contributed by atoms with van der Waals surface area (Å²) in [5, 5.41) is 0.800. The first-order chi connectivity index (χ1) is 10.0. The third kappa shape index (κ3) is 2.90. The lowest BCUT2D eigenvalue weighted by molar-refractivity contribution is 0.377. The predicted octanol–water partition coefficient (Wildman–Crippen LogP) is 4.97. The van der Waals surface area contributed by atoms with Crippen molar-refractivity contribution in [2.45, 2.75) is 11.8 Å². The lowest BCUT2D eigenvalue weighted by Crippen LogP contribution is -2.21. The van der Waals surface area contributed by atoms with Crippen LogP contribution in [0.15, 0.2) is 53.0 Å². The quantitative estimate of drug-likeness (QED) is 0.740. The van der Waals surface area contributed by atoms with Crippen molar-refractivity contribution in [1.82, 2.24) is 4.90 Å². The van der Waals surface area contributed by atoms with E-state index in [-0.39, 0.29) is 5.41 Å². The first-order valence-electron chi connectivity index (χ1n) is 7.19. The summed E-state index contributed by atoms with van der Waals surface area (Å²) in [5.41, 5.74) is 2.93. The van der Waals surface area contributed by atoms with Crippen LogP contribution in [-0.2, 0) is 5.41 Å². The minimum atomic E-state index is 0.148. The Hall–Kier alpha value is -0.830. The van der Waals surface area contributed by atoms with Crippen molar-refractivity contribution in [1.29, 1.82) is 0 Å². The lowest BCUT2D eigenvalue weighted by atomic mass is 9.85. The standard InChI is InChI=1S/C18H19BrClN/c1-21(2)12-15-11-18(15,13-3-7-16(19)8-4-13)14-5-9-17(20)10-6-14/h3-10,15H,11-12H2,1-2H3. The molecule has 1 nitrogen and oxygen atoms in total. The van der Waals surface area contributed by atoms with Crippen molar-refractivity contribution in [3.8, 4) is 0 Å². The summed E-state index contributed by atoms with van der Waals surface area (Å²) in [7, 11) is 4.29. The van der Waals surface area contributed by atoms with E-state index in [4.69, 9.17) is 11.6 Å². The van der Waals surface area contributed by atoms with Gasteiger partial charge in [-0.2, -0.15) is 0 Å². The molecule has 0 radical (unpaired) electrons. The fraction of sp³-hybridized carbons (Fsp3) is 0.333. The van der Waals surface area contributed by atoms with Crippen LogP contribution in [-0.4, -0.2) is 25.5 Å². The molecule has 2 aromatic rings. The van der Waals surface area contributed by atoms with Gasteiger partial charge in [0, 0.05) is 21.5 Å². The molecule has 1 aliphatic rings. The molecule has 1 aliphatic carbocycles. The van der Waals surface area contributed by atoms with Crippen molar-refractivity contribution in [3.05, 3.63) is 69.2 Å². The van der Waals surface area contributed by atoms with Crippen molar-refractivity contribution >= 4 is 27.5 Å². The van der Waals surface area contributed by atoms with Gasteiger partial charge < -0.3 is 4.90 Å². The third-order valence-electron chi connectivity index (χ3n) is 4.41. The van der Waals surface area contributed by atoms with Crippen LogP contribution in [0.1, 0.15) is 17.5 Å². The van der Waals surface area contributed by atoms with Crippen LogP contribution in [0.3, 0.4) is 0 Å². The largest absolute Gasteiger partial charge is 0.309 e. The fourth-order valence-electron chi connectivity index (χ4n) is 3.36. The smallest absolute Gasteiger partial charge is 0.0406 e. The second-order valence-corrected chi connectivity index (χ2v) is 7.50. The van der Waals surface area contributed by atoms with Gasteiger partial charge in [0.05, 0.1) is 0 Å². The van der Waals surface area contributed by atoms with Crippen molar-refractivity contribution in [2.75, 3.05) is 20.6 Å². The first-order valence-corrected chi connectivity index (χ1v) is 8.36. The number of hydrogen-bond donors (Lipinski definition) is 0. The fourth-order valence-corrected chi connectivity index (χ4v) is 3.75. The normalized spacial score (nSPS) is 24.3. The summed E-state index contributed by atoms with van der Waals surface area (Å²) < 4.78 is 1.13. The number of rotatable bonds is 4. The molecule has 3 heteroatoms. The van der Waals surface area contributed by atoms with Crippen LogP contribution in [0.5, 0.6) is 0 Å². The average Bonchev–Trinajstić information content (AvgIpc) is 3.14. The number of hydrogen-bond acceptors (Lipinski definition) is 1. The number of halogens is 2. The molecule has 1 saturated carbocycles. The summed E-state index contributed by atoms with van der Waals surface area (Å²) in [4.78, 5) is 2.28. The molecule has 0 aromatic heterocycles. The zero-order valence-electron chi connectivity index (χ0n) is 12.3.